The van der Waals surface area contributed by atoms with Gasteiger partial charge in [-0.3, -0.25) is 4.79 Å². The standard InChI is InChI=1S/C15H15NO5S/c1-15-5-4-13(17)16(15)10(7-22-15)14(18)21-9-2-3-11-12(6-9)20-8-19-11/h2-3,6,10H,4-5,7-8H2,1H3/t10-,15+/m1/s1. The van der Waals surface area contributed by atoms with Gasteiger partial charge >= 0.3 is 5.97 Å². The second-order valence-electron chi connectivity index (χ2n) is 5.70. The Balaban J connectivity index is 1.52. The first-order chi connectivity index (χ1) is 10.6. The summed E-state index contributed by atoms with van der Waals surface area (Å²) in [5.74, 6) is 1.81. The molecule has 3 aliphatic heterocycles. The number of ether oxygens (including phenoxy) is 3. The van der Waals surface area contributed by atoms with E-state index in [1.165, 1.54) is 0 Å². The third-order valence-electron chi connectivity index (χ3n) is 4.28. The van der Waals surface area contributed by atoms with Crippen LogP contribution in [-0.4, -0.2) is 40.2 Å². The molecule has 2 saturated heterocycles. The molecule has 0 saturated carbocycles. The molecule has 0 radical (unpaired) electrons. The van der Waals surface area contributed by atoms with E-state index >= 15 is 0 Å². The molecule has 22 heavy (non-hydrogen) atoms. The second-order valence-corrected chi connectivity index (χ2v) is 7.20. The number of hydrogen-bond donors (Lipinski definition) is 0. The number of nitrogens with zero attached hydrogens (tertiary/aromatic N) is 1. The van der Waals surface area contributed by atoms with Crippen molar-refractivity contribution in [3.63, 3.8) is 0 Å². The summed E-state index contributed by atoms with van der Waals surface area (Å²) in [6, 6.07) is 4.49. The van der Waals surface area contributed by atoms with Gasteiger partial charge in [-0.2, -0.15) is 0 Å². The second kappa shape index (κ2) is 4.81. The third kappa shape index (κ3) is 2.03. The van der Waals surface area contributed by atoms with Crippen LogP contribution < -0.4 is 14.2 Å². The minimum atomic E-state index is -0.518. The van der Waals surface area contributed by atoms with E-state index in [1.54, 1.807) is 34.9 Å². The van der Waals surface area contributed by atoms with Crippen LogP contribution in [0.1, 0.15) is 19.8 Å². The Labute approximate surface area is 131 Å². The molecule has 6 nitrogen and oxygen atoms in total. The zero-order valence-electron chi connectivity index (χ0n) is 12.0. The van der Waals surface area contributed by atoms with Crippen molar-refractivity contribution in [3.8, 4) is 17.2 Å². The first-order valence-corrected chi connectivity index (χ1v) is 8.13. The summed E-state index contributed by atoms with van der Waals surface area (Å²) in [7, 11) is 0. The minimum absolute atomic E-state index is 0.0279. The van der Waals surface area contributed by atoms with Crippen molar-refractivity contribution in [1.82, 2.24) is 4.90 Å². The predicted octanol–water partition coefficient (Wildman–Crippen LogP) is 1.77. The molecular weight excluding hydrogens is 306 g/mol. The summed E-state index contributed by atoms with van der Waals surface area (Å²) in [6.45, 7) is 2.18. The largest absolute Gasteiger partial charge is 0.454 e. The molecule has 0 spiro atoms. The molecule has 4 rings (SSSR count). The van der Waals surface area contributed by atoms with E-state index in [2.05, 4.69) is 0 Å². The highest BCUT2D eigenvalue weighted by Crippen LogP contribution is 2.47. The fourth-order valence-electron chi connectivity index (χ4n) is 3.12. The zero-order valence-corrected chi connectivity index (χ0v) is 12.9. The Hall–Kier alpha value is -1.89. The van der Waals surface area contributed by atoms with Crippen molar-refractivity contribution in [2.75, 3.05) is 12.5 Å². The Morgan fingerprint density at radius 1 is 1.41 bits per heavy atom. The van der Waals surface area contributed by atoms with Crippen molar-refractivity contribution >= 4 is 23.6 Å². The average molecular weight is 321 g/mol. The Kier molecular flexibility index (Phi) is 3.00. The number of carbonyl (C=O) groups excluding carboxylic acids is 2. The highest BCUT2D eigenvalue weighted by molar-refractivity contribution is 8.01. The Morgan fingerprint density at radius 3 is 3.09 bits per heavy atom. The molecule has 2 fully saturated rings. The molecular formula is C15H15NO5S. The van der Waals surface area contributed by atoms with Crippen LogP contribution in [-0.2, 0) is 9.59 Å². The molecule has 0 N–H and O–H groups in total. The van der Waals surface area contributed by atoms with Gasteiger partial charge in [0.15, 0.2) is 11.5 Å². The highest BCUT2D eigenvalue weighted by atomic mass is 32.2. The summed E-state index contributed by atoms with van der Waals surface area (Å²) < 4.78 is 15.9. The number of carbonyl (C=O) groups is 2. The molecule has 116 valence electrons. The average Bonchev–Trinajstić information content (AvgIpc) is 3.15. The van der Waals surface area contributed by atoms with Crippen LogP contribution in [0.15, 0.2) is 18.2 Å². The van der Waals surface area contributed by atoms with E-state index in [0.717, 1.165) is 6.42 Å². The number of fused-ring (bicyclic) bond motifs is 2. The van der Waals surface area contributed by atoms with Crippen LogP contribution in [0, 0.1) is 0 Å². The molecule has 2 atom stereocenters. The fourth-order valence-corrected chi connectivity index (χ4v) is 4.54. The maximum absolute atomic E-state index is 12.4. The molecule has 3 heterocycles. The van der Waals surface area contributed by atoms with Crippen LogP contribution in [0.4, 0.5) is 0 Å². The van der Waals surface area contributed by atoms with Crippen LogP contribution in [0.5, 0.6) is 17.2 Å². The highest BCUT2D eigenvalue weighted by Gasteiger charge is 2.53. The van der Waals surface area contributed by atoms with Gasteiger partial charge < -0.3 is 19.1 Å². The summed E-state index contributed by atoms with van der Waals surface area (Å²) >= 11 is 1.65. The van der Waals surface area contributed by atoms with Gasteiger partial charge in [0, 0.05) is 18.2 Å². The molecule has 3 aliphatic rings. The summed E-state index contributed by atoms with van der Waals surface area (Å²) in [5.41, 5.74) is 0. The molecule has 0 aliphatic carbocycles. The van der Waals surface area contributed by atoms with Gasteiger partial charge in [-0.15, -0.1) is 11.8 Å². The van der Waals surface area contributed by atoms with E-state index in [1.807, 2.05) is 6.92 Å². The van der Waals surface area contributed by atoms with Crippen molar-refractivity contribution in [2.24, 2.45) is 0 Å². The van der Waals surface area contributed by atoms with Crippen LogP contribution in [0.3, 0.4) is 0 Å². The molecule has 0 unspecified atom stereocenters. The van der Waals surface area contributed by atoms with Gasteiger partial charge in [0.25, 0.3) is 0 Å². The molecule has 0 bridgehead atoms. The lowest BCUT2D eigenvalue weighted by molar-refractivity contribution is -0.146. The number of thioether (sulfide) groups is 1. The lowest BCUT2D eigenvalue weighted by Crippen LogP contribution is -2.47. The molecule has 7 heteroatoms. The SMILES string of the molecule is C[C@]12CCC(=O)N1[C@@H](C(=O)Oc1ccc3c(c1)OCO3)CS2. The van der Waals surface area contributed by atoms with Gasteiger partial charge in [0.2, 0.25) is 12.7 Å². The number of hydrogen-bond acceptors (Lipinski definition) is 6. The van der Waals surface area contributed by atoms with E-state index in [0.29, 0.717) is 29.4 Å². The zero-order chi connectivity index (χ0) is 15.3. The Bertz CT molecular complexity index is 663. The van der Waals surface area contributed by atoms with Gasteiger partial charge in [0.1, 0.15) is 11.8 Å². The lowest BCUT2D eigenvalue weighted by Gasteiger charge is -2.29. The monoisotopic (exact) mass is 321 g/mol. The molecule has 1 aromatic rings. The normalized spacial score (nSPS) is 28.9. The summed E-state index contributed by atoms with van der Waals surface area (Å²) in [5, 5.41) is 0. The van der Waals surface area contributed by atoms with Crippen molar-refractivity contribution in [3.05, 3.63) is 18.2 Å². The van der Waals surface area contributed by atoms with E-state index in [4.69, 9.17) is 14.2 Å². The van der Waals surface area contributed by atoms with Crippen LogP contribution in [0.25, 0.3) is 0 Å². The predicted molar refractivity (Wildman–Crippen MR) is 78.9 cm³/mol. The number of benzene rings is 1. The molecule has 1 aromatic carbocycles. The van der Waals surface area contributed by atoms with E-state index in [-0.39, 0.29) is 17.6 Å². The van der Waals surface area contributed by atoms with Gasteiger partial charge in [0.05, 0.1) is 4.87 Å². The van der Waals surface area contributed by atoms with Crippen LogP contribution in [0.2, 0.25) is 0 Å². The van der Waals surface area contributed by atoms with Gasteiger partial charge in [-0.05, 0) is 25.5 Å². The third-order valence-corrected chi connectivity index (χ3v) is 5.78. The maximum Gasteiger partial charge on any atom is 0.335 e. The van der Waals surface area contributed by atoms with E-state index < -0.39 is 12.0 Å². The van der Waals surface area contributed by atoms with Gasteiger partial charge in [-0.25, -0.2) is 4.79 Å². The fraction of sp³-hybridized carbons (Fsp3) is 0.467. The van der Waals surface area contributed by atoms with Crippen molar-refractivity contribution in [2.45, 2.75) is 30.7 Å². The number of amides is 1. The lowest BCUT2D eigenvalue weighted by atomic mass is 10.2. The number of esters is 1. The minimum Gasteiger partial charge on any atom is -0.454 e. The first kappa shape index (κ1) is 13.8. The molecule has 0 aromatic heterocycles. The summed E-state index contributed by atoms with van der Waals surface area (Å²) in [6.07, 6.45) is 1.28. The van der Waals surface area contributed by atoms with Crippen LogP contribution >= 0.6 is 11.8 Å². The topological polar surface area (TPSA) is 65.1 Å². The van der Waals surface area contributed by atoms with E-state index in [9.17, 15) is 9.59 Å². The smallest absolute Gasteiger partial charge is 0.335 e. The maximum atomic E-state index is 12.4. The Morgan fingerprint density at radius 2 is 2.23 bits per heavy atom. The van der Waals surface area contributed by atoms with Crippen molar-refractivity contribution < 1.29 is 23.8 Å². The van der Waals surface area contributed by atoms with Crippen molar-refractivity contribution in [1.29, 1.82) is 0 Å². The first-order valence-electron chi connectivity index (χ1n) is 7.14. The molecule has 1 amide bonds. The quantitative estimate of drug-likeness (QED) is 0.611. The number of rotatable bonds is 2. The summed E-state index contributed by atoms with van der Waals surface area (Å²) in [4.78, 5) is 25.9. The van der Waals surface area contributed by atoms with Gasteiger partial charge in [-0.1, -0.05) is 0 Å².